The van der Waals surface area contributed by atoms with Gasteiger partial charge in [-0.25, -0.2) is 18.2 Å². The normalized spacial score (nSPS) is 24.3. The molecule has 3 saturated heterocycles. The van der Waals surface area contributed by atoms with Gasteiger partial charge in [-0.1, -0.05) is 6.07 Å². The zero-order valence-electron chi connectivity index (χ0n) is 28.2. The molecule has 4 heterocycles. The minimum Gasteiger partial charge on any atom is -0.506 e. The van der Waals surface area contributed by atoms with Gasteiger partial charge in [0.05, 0.1) is 11.0 Å². The number of halogens is 1. The van der Waals surface area contributed by atoms with Crippen LogP contribution in [0.1, 0.15) is 49.6 Å². The average molecular weight is 736 g/mol. The SMILES string of the molecule is Cn1c(=O)n(C2CCC(=O)NC2=O)c2ccc(C3CCN(CC4CC4C(=O)Nc4ccc5c(F)c(N6CC(=O)NS6(O)O)c(O)cc5c4)CC3)cc21. The summed E-state index contributed by atoms with van der Waals surface area (Å²) in [6, 6.07) is 11.0. The smallest absolute Gasteiger partial charge is 0.329 e. The maximum atomic E-state index is 15.5. The molecule has 3 atom stereocenters. The number of hydrogen-bond donors (Lipinski definition) is 6. The summed E-state index contributed by atoms with van der Waals surface area (Å²) in [6.07, 6.45) is 3.06. The minimum atomic E-state index is -3.83. The molecule has 52 heavy (non-hydrogen) atoms. The number of phenols is 1. The molecule has 4 aliphatic rings. The molecule has 0 bridgehead atoms. The van der Waals surface area contributed by atoms with E-state index >= 15 is 4.39 Å². The van der Waals surface area contributed by atoms with Gasteiger partial charge >= 0.3 is 5.69 Å². The zero-order valence-corrected chi connectivity index (χ0v) is 29.0. The quantitative estimate of drug-likeness (QED) is 0.153. The first-order valence-corrected chi connectivity index (χ1v) is 18.7. The van der Waals surface area contributed by atoms with E-state index in [-0.39, 0.29) is 53.0 Å². The number of carbonyl (C=O) groups is 4. The fraction of sp³-hybridized carbons (Fsp3) is 0.400. The number of likely N-dealkylation sites (tertiary alicyclic amines) is 1. The van der Waals surface area contributed by atoms with E-state index in [1.54, 1.807) is 11.6 Å². The maximum absolute atomic E-state index is 15.5. The second-order valence-corrected chi connectivity index (χ2v) is 15.9. The van der Waals surface area contributed by atoms with Gasteiger partial charge in [0, 0.05) is 37.0 Å². The summed E-state index contributed by atoms with van der Waals surface area (Å²) in [6.45, 7) is 1.99. The second-order valence-electron chi connectivity index (χ2n) is 14.2. The Morgan fingerprint density at radius 2 is 1.77 bits per heavy atom. The number of imide groups is 1. The van der Waals surface area contributed by atoms with Crippen molar-refractivity contribution in [1.29, 1.82) is 0 Å². The third-order valence-electron chi connectivity index (χ3n) is 10.8. The number of aromatic nitrogens is 2. The summed E-state index contributed by atoms with van der Waals surface area (Å²) in [5, 5.41) is 16.2. The molecule has 4 fully saturated rings. The van der Waals surface area contributed by atoms with Crippen LogP contribution in [0.15, 0.2) is 47.3 Å². The number of piperidine rings is 2. The Labute approximate surface area is 298 Å². The monoisotopic (exact) mass is 735 g/mol. The number of phenolic OH excluding ortho intramolecular Hbond substituents is 1. The molecule has 17 heteroatoms. The first-order valence-electron chi connectivity index (χ1n) is 17.2. The van der Waals surface area contributed by atoms with E-state index in [1.807, 2.05) is 22.9 Å². The van der Waals surface area contributed by atoms with Crippen molar-refractivity contribution >= 4 is 67.8 Å². The summed E-state index contributed by atoms with van der Waals surface area (Å²) in [5.74, 6) is -2.81. The predicted octanol–water partition coefficient (Wildman–Crippen LogP) is 3.29. The molecule has 0 spiro atoms. The highest BCUT2D eigenvalue weighted by molar-refractivity contribution is 8.24. The number of aryl methyl sites for hydroxylation is 1. The first kappa shape index (κ1) is 34.1. The largest absolute Gasteiger partial charge is 0.506 e. The van der Waals surface area contributed by atoms with Crippen molar-refractivity contribution in [2.45, 2.75) is 44.1 Å². The Morgan fingerprint density at radius 1 is 1.00 bits per heavy atom. The van der Waals surface area contributed by atoms with Gasteiger partial charge in [-0.3, -0.25) is 42.7 Å². The highest BCUT2D eigenvalue weighted by Crippen LogP contribution is 2.51. The lowest BCUT2D eigenvalue weighted by Gasteiger charge is -2.36. The molecular formula is C35H38FN7O8S. The van der Waals surface area contributed by atoms with Crippen LogP contribution in [0.3, 0.4) is 0 Å². The fourth-order valence-electron chi connectivity index (χ4n) is 7.97. The number of fused-ring (bicyclic) bond motifs is 2. The summed E-state index contributed by atoms with van der Waals surface area (Å²) in [5.41, 5.74) is 2.19. The summed E-state index contributed by atoms with van der Waals surface area (Å²) in [7, 11) is -2.14. The molecule has 3 aliphatic heterocycles. The van der Waals surface area contributed by atoms with Gasteiger partial charge in [-0.2, -0.15) is 0 Å². The van der Waals surface area contributed by atoms with Crippen molar-refractivity contribution in [2.24, 2.45) is 18.9 Å². The van der Waals surface area contributed by atoms with Crippen LogP contribution >= 0.6 is 11.0 Å². The van der Waals surface area contributed by atoms with Gasteiger partial charge in [-0.05, 0) is 109 Å². The first-order chi connectivity index (χ1) is 24.8. The molecule has 1 aromatic heterocycles. The van der Waals surface area contributed by atoms with Crippen molar-refractivity contribution in [1.82, 2.24) is 24.1 Å². The lowest BCUT2D eigenvalue weighted by Crippen LogP contribution is -2.44. The van der Waals surface area contributed by atoms with Crippen molar-refractivity contribution in [3.05, 3.63) is 64.3 Å². The summed E-state index contributed by atoms with van der Waals surface area (Å²) >= 11 is 0. The van der Waals surface area contributed by atoms with Crippen LogP contribution in [0.4, 0.5) is 15.8 Å². The molecule has 3 aromatic carbocycles. The van der Waals surface area contributed by atoms with Gasteiger partial charge < -0.3 is 15.3 Å². The maximum Gasteiger partial charge on any atom is 0.329 e. The topological polar surface area (TPSA) is 198 Å². The van der Waals surface area contributed by atoms with Crippen LogP contribution in [0.5, 0.6) is 5.75 Å². The third-order valence-corrected chi connectivity index (χ3v) is 12.3. The van der Waals surface area contributed by atoms with E-state index in [4.69, 9.17) is 0 Å². The number of nitrogens with one attached hydrogen (secondary N) is 3. The number of rotatable bonds is 7. The Morgan fingerprint density at radius 3 is 2.48 bits per heavy atom. The highest BCUT2D eigenvalue weighted by Gasteiger charge is 2.44. The standard InChI is InChI=1S/C35H38FN7O8S/c1-40-27-14-19(2-5-25(27)43(35(40)49)26-6-7-29(45)38-34(26)48)18-8-10-41(11-9-18)16-21-13-24(21)33(47)37-22-3-4-23-20(12-22)15-28(44)32(31(23)36)42-17-30(46)39-52(42,50)51/h2-5,12,14-15,18,21,24,26,44,50-51H,6-11,13,16-17H2,1H3,(H,37,47)(H,39,46)(H,38,45,48). The van der Waals surface area contributed by atoms with E-state index in [0.717, 1.165) is 50.0 Å². The number of amides is 4. The molecule has 4 amide bonds. The number of nitrogens with zero attached hydrogens (tertiary/aromatic N) is 4. The molecule has 1 saturated carbocycles. The molecule has 0 radical (unpaired) electrons. The summed E-state index contributed by atoms with van der Waals surface area (Å²) in [4.78, 5) is 64.6. The molecule has 6 N–H and O–H groups in total. The second kappa shape index (κ2) is 12.6. The predicted molar refractivity (Wildman–Crippen MR) is 191 cm³/mol. The van der Waals surface area contributed by atoms with E-state index in [1.165, 1.54) is 28.8 Å². The number of anilines is 2. The minimum absolute atomic E-state index is 0.0719. The Kier molecular flexibility index (Phi) is 8.28. The van der Waals surface area contributed by atoms with Crippen molar-refractivity contribution in [3.8, 4) is 5.75 Å². The lowest BCUT2D eigenvalue weighted by molar-refractivity contribution is -0.135. The lowest BCUT2D eigenvalue weighted by atomic mass is 9.89. The summed E-state index contributed by atoms with van der Waals surface area (Å²) < 4.78 is 41.5. The van der Waals surface area contributed by atoms with Crippen LogP contribution < -0.4 is 25.4 Å². The van der Waals surface area contributed by atoms with Gasteiger partial charge in [-0.15, -0.1) is 0 Å². The Hall–Kier alpha value is -4.97. The highest BCUT2D eigenvalue weighted by atomic mass is 32.3. The van der Waals surface area contributed by atoms with Crippen LogP contribution in [0.25, 0.3) is 21.8 Å². The van der Waals surface area contributed by atoms with Gasteiger partial charge in [0.2, 0.25) is 17.7 Å². The van der Waals surface area contributed by atoms with Gasteiger partial charge in [0.25, 0.3) is 5.91 Å². The Bertz CT molecular complexity index is 2250. The number of imidazole rings is 1. The average Bonchev–Trinajstić information content (AvgIpc) is 3.75. The van der Waals surface area contributed by atoms with Crippen molar-refractivity contribution < 1.29 is 37.8 Å². The number of hydrogen-bond acceptors (Lipinski definition) is 10. The van der Waals surface area contributed by atoms with Crippen LogP contribution in [-0.2, 0) is 26.2 Å². The molecular weight excluding hydrogens is 697 g/mol. The number of aromatic hydroxyl groups is 1. The van der Waals surface area contributed by atoms with Crippen molar-refractivity contribution in [2.75, 3.05) is 35.8 Å². The molecule has 4 aromatic rings. The molecule has 8 rings (SSSR count). The molecule has 15 nitrogen and oxygen atoms in total. The van der Waals surface area contributed by atoms with E-state index in [9.17, 15) is 38.2 Å². The third kappa shape index (κ3) is 5.96. The van der Waals surface area contributed by atoms with Crippen LogP contribution in [-0.4, -0.2) is 78.1 Å². The number of benzene rings is 3. The Balaban J connectivity index is 0.870. The van der Waals surface area contributed by atoms with Crippen molar-refractivity contribution in [3.63, 3.8) is 0 Å². The fourth-order valence-corrected chi connectivity index (χ4v) is 9.18. The van der Waals surface area contributed by atoms with E-state index in [2.05, 4.69) is 15.5 Å². The molecule has 274 valence electrons. The zero-order chi connectivity index (χ0) is 36.6. The number of carbonyl (C=O) groups excluding carboxylic acids is 4. The molecule has 1 aliphatic carbocycles. The van der Waals surface area contributed by atoms with Gasteiger partial charge in [0.1, 0.15) is 24.0 Å². The van der Waals surface area contributed by atoms with E-state index < -0.39 is 52.6 Å². The van der Waals surface area contributed by atoms with Gasteiger partial charge in [0.15, 0.2) is 5.82 Å². The van der Waals surface area contributed by atoms with E-state index in [0.29, 0.717) is 21.4 Å². The van der Waals surface area contributed by atoms with Crippen LogP contribution in [0, 0.1) is 17.7 Å². The molecule has 3 unspecified atom stereocenters. The van der Waals surface area contributed by atoms with Crippen LogP contribution in [0.2, 0.25) is 0 Å².